The molecule has 0 aliphatic carbocycles. The van der Waals surface area contributed by atoms with Gasteiger partial charge in [0.15, 0.2) is 5.76 Å². The summed E-state index contributed by atoms with van der Waals surface area (Å²) < 4.78 is 5.20. The molecule has 27 heavy (non-hydrogen) atoms. The summed E-state index contributed by atoms with van der Waals surface area (Å²) in [6.07, 6.45) is 2.61. The number of carbonyl (C=O) groups excluding carboxylic acids is 2. The van der Waals surface area contributed by atoms with Crippen LogP contribution in [0.1, 0.15) is 28.4 Å². The van der Waals surface area contributed by atoms with Crippen molar-refractivity contribution in [3.05, 3.63) is 53.7 Å². The number of nitrogens with one attached hydrogen (secondary N) is 1. The van der Waals surface area contributed by atoms with Crippen LogP contribution in [0.2, 0.25) is 0 Å². The molecule has 4 rings (SSSR count). The Balaban J connectivity index is 1.39. The van der Waals surface area contributed by atoms with Gasteiger partial charge in [0.2, 0.25) is 5.91 Å². The molecule has 0 radical (unpaired) electrons. The summed E-state index contributed by atoms with van der Waals surface area (Å²) >= 11 is 0. The van der Waals surface area contributed by atoms with Gasteiger partial charge in [0, 0.05) is 26.2 Å². The first-order valence-corrected chi connectivity index (χ1v) is 9.16. The van der Waals surface area contributed by atoms with Gasteiger partial charge >= 0.3 is 0 Å². The third-order valence-corrected chi connectivity index (χ3v) is 4.89. The second-order valence-electron chi connectivity index (χ2n) is 6.85. The maximum atomic E-state index is 12.7. The highest BCUT2D eigenvalue weighted by molar-refractivity contribution is 5.91. The van der Waals surface area contributed by atoms with Crippen molar-refractivity contribution in [1.82, 2.24) is 19.8 Å². The molecule has 3 heterocycles. The van der Waals surface area contributed by atoms with Crippen molar-refractivity contribution in [2.24, 2.45) is 0 Å². The van der Waals surface area contributed by atoms with Crippen molar-refractivity contribution in [1.29, 1.82) is 0 Å². The fraction of sp³-hybridized carbons (Fsp3) is 0.350. The van der Waals surface area contributed by atoms with Crippen LogP contribution in [0.5, 0.6) is 0 Å². The largest absolute Gasteiger partial charge is 0.459 e. The maximum Gasteiger partial charge on any atom is 0.289 e. The quantitative estimate of drug-likeness (QED) is 0.772. The number of H-pyrrole nitrogens is 1. The highest BCUT2D eigenvalue weighted by Gasteiger charge is 2.24. The van der Waals surface area contributed by atoms with Gasteiger partial charge < -0.3 is 19.2 Å². The van der Waals surface area contributed by atoms with E-state index in [1.54, 1.807) is 17.0 Å². The van der Waals surface area contributed by atoms with Gasteiger partial charge in [0.1, 0.15) is 5.82 Å². The Labute approximate surface area is 157 Å². The zero-order chi connectivity index (χ0) is 18.8. The van der Waals surface area contributed by atoms with E-state index in [2.05, 4.69) is 9.97 Å². The summed E-state index contributed by atoms with van der Waals surface area (Å²) in [6, 6.07) is 9.25. The predicted octanol–water partition coefficient (Wildman–Crippen LogP) is 2.38. The van der Waals surface area contributed by atoms with Crippen molar-refractivity contribution in [3.8, 4) is 0 Å². The Kier molecular flexibility index (Phi) is 4.66. The van der Waals surface area contributed by atoms with E-state index in [1.807, 2.05) is 30.0 Å². The average Bonchev–Trinajstić information content (AvgIpc) is 3.23. The van der Waals surface area contributed by atoms with Crippen molar-refractivity contribution in [2.45, 2.75) is 19.8 Å². The Morgan fingerprint density at radius 3 is 2.78 bits per heavy atom. The number of benzene rings is 1. The minimum absolute atomic E-state index is 0.0814. The second-order valence-corrected chi connectivity index (χ2v) is 6.85. The zero-order valence-electron chi connectivity index (χ0n) is 15.3. The summed E-state index contributed by atoms with van der Waals surface area (Å²) in [5.41, 5.74) is 2.82. The smallest absolute Gasteiger partial charge is 0.289 e. The topological polar surface area (TPSA) is 82.4 Å². The second kappa shape index (κ2) is 7.26. The number of rotatable bonds is 3. The van der Waals surface area contributed by atoms with Crippen molar-refractivity contribution < 1.29 is 14.0 Å². The molecule has 1 aliphatic heterocycles. The summed E-state index contributed by atoms with van der Waals surface area (Å²) in [7, 11) is 0. The molecule has 7 nitrogen and oxygen atoms in total. The zero-order valence-corrected chi connectivity index (χ0v) is 15.3. The summed E-state index contributed by atoms with van der Waals surface area (Å²) in [4.78, 5) is 36.4. The van der Waals surface area contributed by atoms with Crippen LogP contribution >= 0.6 is 0 Å². The van der Waals surface area contributed by atoms with Crippen LogP contribution in [0.3, 0.4) is 0 Å². The monoisotopic (exact) mass is 366 g/mol. The SMILES string of the molecule is Cc1nc2ccc(CC(=O)N3CCCN(C(=O)c4ccco4)CC3)cc2[nH]1. The number of aromatic amines is 1. The van der Waals surface area contributed by atoms with Crippen LogP contribution in [0.15, 0.2) is 41.0 Å². The summed E-state index contributed by atoms with van der Waals surface area (Å²) in [5.74, 6) is 1.17. The lowest BCUT2D eigenvalue weighted by atomic mass is 10.1. The molecular weight excluding hydrogens is 344 g/mol. The molecule has 7 heteroatoms. The Hall–Kier alpha value is -3.09. The fourth-order valence-electron chi connectivity index (χ4n) is 3.51. The van der Waals surface area contributed by atoms with E-state index >= 15 is 0 Å². The molecule has 0 spiro atoms. The Bertz CT molecular complexity index is 961. The molecular formula is C20H22N4O3. The minimum atomic E-state index is -0.116. The molecule has 0 atom stereocenters. The Morgan fingerprint density at radius 2 is 1.96 bits per heavy atom. The van der Waals surface area contributed by atoms with Gasteiger partial charge in [-0.1, -0.05) is 6.07 Å². The van der Waals surface area contributed by atoms with Crippen LogP contribution < -0.4 is 0 Å². The molecule has 1 fully saturated rings. The van der Waals surface area contributed by atoms with Gasteiger partial charge in [-0.25, -0.2) is 4.98 Å². The number of hydrogen-bond acceptors (Lipinski definition) is 4. The van der Waals surface area contributed by atoms with Crippen molar-refractivity contribution in [3.63, 3.8) is 0 Å². The molecule has 0 unspecified atom stereocenters. The number of hydrogen-bond donors (Lipinski definition) is 1. The number of amides is 2. The highest BCUT2D eigenvalue weighted by atomic mass is 16.3. The van der Waals surface area contributed by atoms with E-state index in [-0.39, 0.29) is 11.8 Å². The first-order chi connectivity index (χ1) is 13.1. The summed E-state index contributed by atoms with van der Waals surface area (Å²) in [6.45, 7) is 4.26. The fourth-order valence-corrected chi connectivity index (χ4v) is 3.51. The normalized spacial score (nSPS) is 15.1. The molecule has 0 saturated carbocycles. The molecule has 2 amide bonds. The summed E-state index contributed by atoms with van der Waals surface area (Å²) in [5, 5.41) is 0. The van der Waals surface area contributed by atoms with Crippen LogP contribution in [-0.2, 0) is 11.2 Å². The van der Waals surface area contributed by atoms with Crippen LogP contribution in [0.25, 0.3) is 11.0 Å². The van der Waals surface area contributed by atoms with E-state index < -0.39 is 0 Å². The minimum Gasteiger partial charge on any atom is -0.459 e. The van der Waals surface area contributed by atoms with Gasteiger partial charge in [0.05, 0.1) is 23.7 Å². The van der Waals surface area contributed by atoms with Gasteiger partial charge in [-0.3, -0.25) is 9.59 Å². The van der Waals surface area contributed by atoms with E-state index in [4.69, 9.17) is 4.42 Å². The molecule has 1 aromatic carbocycles. The maximum absolute atomic E-state index is 12.7. The molecule has 0 bridgehead atoms. The van der Waals surface area contributed by atoms with E-state index in [0.29, 0.717) is 38.4 Å². The van der Waals surface area contributed by atoms with Gasteiger partial charge in [0.25, 0.3) is 5.91 Å². The van der Waals surface area contributed by atoms with E-state index in [9.17, 15) is 9.59 Å². The Morgan fingerprint density at radius 1 is 1.15 bits per heavy atom. The van der Waals surface area contributed by atoms with Gasteiger partial charge in [-0.2, -0.15) is 0 Å². The third kappa shape index (κ3) is 3.72. The predicted molar refractivity (Wildman–Crippen MR) is 100 cm³/mol. The molecule has 3 aromatic rings. The standard InChI is InChI=1S/C20H22N4O3/c1-14-21-16-6-5-15(12-17(16)22-14)13-19(25)23-7-3-8-24(10-9-23)20(26)18-4-2-11-27-18/h2,4-6,11-12H,3,7-10,13H2,1H3,(H,21,22). The molecule has 140 valence electrons. The average molecular weight is 366 g/mol. The van der Waals surface area contributed by atoms with Crippen molar-refractivity contribution in [2.75, 3.05) is 26.2 Å². The van der Waals surface area contributed by atoms with Crippen molar-refractivity contribution >= 4 is 22.8 Å². The number of carbonyl (C=O) groups is 2. The van der Waals surface area contributed by atoms with Crippen LogP contribution in [0.4, 0.5) is 0 Å². The van der Waals surface area contributed by atoms with E-state index in [1.165, 1.54) is 6.26 Å². The lowest BCUT2D eigenvalue weighted by Gasteiger charge is -2.21. The number of furan rings is 1. The van der Waals surface area contributed by atoms with Gasteiger partial charge in [-0.15, -0.1) is 0 Å². The highest BCUT2D eigenvalue weighted by Crippen LogP contribution is 2.16. The van der Waals surface area contributed by atoms with Crippen LogP contribution in [0, 0.1) is 6.92 Å². The number of aryl methyl sites for hydroxylation is 1. The molecule has 1 aliphatic rings. The number of fused-ring (bicyclic) bond motifs is 1. The third-order valence-electron chi connectivity index (χ3n) is 4.89. The molecule has 1 N–H and O–H groups in total. The van der Waals surface area contributed by atoms with Crippen LogP contribution in [-0.4, -0.2) is 57.8 Å². The first-order valence-electron chi connectivity index (χ1n) is 9.16. The number of aromatic nitrogens is 2. The van der Waals surface area contributed by atoms with Gasteiger partial charge in [-0.05, 0) is 43.2 Å². The number of imidazole rings is 1. The molecule has 2 aromatic heterocycles. The molecule has 1 saturated heterocycles. The lowest BCUT2D eigenvalue weighted by Crippen LogP contribution is -2.37. The number of nitrogens with zero attached hydrogens (tertiary/aromatic N) is 3. The first kappa shape index (κ1) is 17.3. The van der Waals surface area contributed by atoms with E-state index in [0.717, 1.165) is 28.8 Å². The lowest BCUT2D eigenvalue weighted by molar-refractivity contribution is -0.130.